The van der Waals surface area contributed by atoms with E-state index in [2.05, 4.69) is 16.7 Å². The molecule has 2 N–H and O–H groups in total. The van der Waals surface area contributed by atoms with Crippen LogP contribution in [0.15, 0.2) is 42.5 Å². The Kier molecular flexibility index (Phi) is 8.67. The molecule has 7 heteroatoms. The van der Waals surface area contributed by atoms with E-state index in [1.54, 1.807) is 12.1 Å². The first-order chi connectivity index (χ1) is 16.2. The summed E-state index contributed by atoms with van der Waals surface area (Å²) < 4.78 is 5.92. The Labute approximate surface area is 208 Å². The van der Waals surface area contributed by atoms with Crippen molar-refractivity contribution in [1.82, 2.24) is 10.2 Å². The van der Waals surface area contributed by atoms with Crippen LogP contribution in [-0.2, 0) is 4.79 Å². The second-order valence-electron chi connectivity index (χ2n) is 9.59. The summed E-state index contributed by atoms with van der Waals surface area (Å²) in [6.07, 6.45) is 3.50. The molecule has 0 atom stereocenters. The number of thiocarbonyl (C=S) groups is 1. The number of benzene rings is 2. The van der Waals surface area contributed by atoms with Crippen LogP contribution in [0.4, 0.5) is 5.69 Å². The highest BCUT2D eigenvalue weighted by Gasteiger charge is 2.28. The largest absolute Gasteiger partial charge is 0.493 e. The summed E-state index contributed by atoms with van der Waals surface area (Å²) in [7, 11) is 0. The molecule has 0 bridgehead atoms. The van der Waals surface area contributed by atoms with E-state index in [0.717, 1.165) is 49.2 Å². The van der Waals surface area contributed by atoms with E-state index in [9.17, 15) is 9.59 Å². The van der Waals surface area contributed by atoms with Gasteiger partial charge in [0.1, 0.15) is 5.75 Å². The van der Waals surface area contributed by atoms with Crippen LogP contribution in [0.2, 0.25) is 0 Å². The highest BCUT2D eigenvalue weighted by molar-refractivity contribution is 7.80. The molecule has 2 aromatic rings. The number of hydrogen-bond donors (Lipinski definition) is 2. The lowest BCUT2D eigenvalue weighted by molar-refractivity contribution is -0.128. The minimum atomic E-state index is -0.607. The number of aryl methyl sites for hydroxylation is 2. The van der Waals surface area contributed by atoms with Gasteiger partial charge >= 0.3 is 0 Å². The molecular formula is C27H35N3O3S. The summed E-state index contributed by atoms with van der Waals surface area (Å²) >= 11 is 5.36. The second kappa shape index (κ2) is 11.5. The quantitative estimate of drug-likeness (QED) is 0.399. The average molecular weight is 482 g/mol. The van der Waals surface area contributed by atoms with Gasteiger partial charge in [-0.05, 0) is 87.1 Å². The van der Waals surface area contributed by atoms with E-state index in [0.29, 0.717) is 24.3 Å². The number of rotatable bonds is 8. The zero-order valence-electron chi connectivity index (χ0n) is 20.6. The molecule has 1 aliphatic heterocycles. The number of carbonyl (C=O) groups is 2. The number of amides is 2. The van der Waals surface area contributed by atoms with Crippen molar-refractivity contribution < 1.29 is 14.3 Å². The van der Waals surface area contributed by atoms with Crippen molar-refractivity contribution in [3.63, 3.8) is 0 Å². The van der Waals surface area contributed by atoms with E-state index >= 15 is 0 Å². The Morgan fingerprint density at radius 3 is 2.56 bits per heavy atom. The molecular weight excluding hydrogens is 446 g/mol. The topological polar surface area (TPSA) is 70.7 Å². The highest BCUT2D eigenvalue weighted by atomic mass is 32.1. The number of ether oxygens (including phenoxy) is 1. The third-order valence-electron chi connectivity index (χ3n) is 6.15. The van der Waals surface area contributed by atoms with Crippen LogP contribution in [-0.4, -0.2) is 41.5 Å². The molecule has 0 unspecified atom stereocenters. The second-order valence-corrected chi connectivity index (χ2v) is 10.0. The van der Waals surface area contributed by atoms with Crippen LogP contribution in [0, 0.1) is 19.3 Å². The zero-order valence-corrected chi connectivity index (χ0v) is 21.4. The van der Waals surface area contributed by atoms with Gasteiger partial charge in [0.05, 0.1) is 6.61 Å². The maximum absolute atomic E-state index is 12.8. The fraction of sp³-hybridized carbons (Fsp3) is 0.444. The van der Waals surface area contributed by atoms with Crippen molar-refractivity contribution in [2.24, 2.45) is 5.41 Å². The summed E-state index contributed by atoms with van der Waals surface area (Å²) in [5, 5.41) is 6.05. The molecule has 2 amide bonds. The third-order valence-corrected chi connectivity index (χ3v) is 6.35. The van der Waals surface area contributed by atoms with Gasteiger partial charge in [-0.15, -0.1) is 0 Å². The Balaban J connectivity index is 1.47. The lowest BCUT2D eigenvalue weighted by Crippen LogP contribution is -2.42. The molecule has 0 spiro atoms. The van der Waals surface area contributed by atoms with Gasteiger partial charge in [-0.2, -0.15) is 0 Å². The van der Waals surface area contributed by atoms with Gasteiger partial charge in [-0.25, -0.2) is 0 Å². The minimum absolute atomic E-state index is 0.0281. The predicted octanol–water partition coefficient (Wildman–Crippen LogP) is 5.24. The summed E-state index contributed by atoms with van der Waals surface area (Å²) in [5.41, 5.74) is 2.95. The number of likely N-dealkylation sites (tertiary alicyclic amines) is 1. The van der Waals surface area contributed by atoms with Crippen molar-refractivity contribution in [2.75, 3.05) is 25.0 Å². The van der Waals surface area contributed by atoms with Gasteiger partial charge in [-0.1, -0.05) is 32.0 Å². The van der Waals surface area contributed by atoms with Crippen molar-refractivity contribution in [3.8, 4) is 5.75 Å². The number of nitrogens with zero attached hydrogens (tertiary/aromatic N) is 1. The molecule has 1 aliphatic rings. The average Bonchev–Trinajstić information content (AvgIpc) is 3.33. The standard InChI is InChI=1S/C27H35N3O3S/c1-19-11-12-20(2)23(17-19)33-16-8-13-27(3,4)25(32)29-26(34)28-22-10-7-9-21(18-22)24(31)30-14-5-6-15-30/h7,9-12,17-18H,5-6,8,13-16H2,1-4H3,(H2,28,29,32,34). The Morgan fingerprint density at radius 1 is 1.09 bits per heavy atom. The van der Waals surface area contributed by atoms with Crippen molar-refractivity contribution in [3.05, 3.63) is 59.2 Å². The van der Waals surface area contributed by atoms with E-state index < -0.39 is 5.41 Å². The van der Waals surface area contributed by atoms with Crippen LogP contribution in [0.5, 0.6) is 5.75 Å². The summed E-state index contributed by atoms with van der Waals surface area (Å²) in [6, 6.07) is 13.4. The van der Waals surface area contributed by atoms with Crippen molar-refractivity contribution >= 4 is 34.8 Å². The van der Waals surface area contributed by atoms with Crippen LogP contribution in [0.3, 0.4) is 0 Å². The Bertz CT molecular complexity index is 1050. The van der Waals surface area contributed by atoms with Crippen LogP contribution in [0.25, 0.3) is 0 Å². The first-order valence-corrected chi connectivity index (χ1v) is 12.3. The molecule has 1 saturated heterocycles. The number of anilines is 1. The van der Waals surface area contributed by atoms with Gasteiger partial charge in [-0.3, -0.25) is 9.59 Å². The highest BCUT2D eigenvalue weighted by Crippen LogP contribution is 2.24. The third kappa shape index (κ3) is 7.03. The Morgan fingerprint density at radius 2 is 1.82 bits per heavy atom. The number of nitrogens with one attached hydrogen (secondary N) is 2. The van der Waals surface area contributed by atoms with Crippen LogP contribution >= 0.6 is 12.2 Å². The molecule has 0 aromatic heterocycles. The lowest BCUT2D eigenvalue weighted by Gasteiger charge is -2.24. The van der Waals surface area contributed by atoms with Gasteiger partial charge in [0.15, 0.2) is 5.11 Å². The van der Waals surface area contributed by atoms with Crippen molar-refractivity contribution in [1.29, 1.82) is 0 Å². The zero-order chi connectivity index (χ0) is 24.7. The molecule has 2 aromatic carbocycles. The lowest BCUT2D eigenvalue weighted by atomic mass is 9.87. The SMILES string of the molecule is Cc1ccc(C)c(OCCCC(C)(C)C(=O)NC(=S)Nc2cccc(C(=O)N3CCCC3)c2)c1. The molecule has 6 nitrogen and oxygen atoms in total. The van der Waals surface area contributed by atoms with Gasteiger partial charge < -0.3 is 20.3 Å². The maximum Gasteiger partial charge on any atom is 0.253 e. The van der Waals surface area contributed by atoms with Crippen LogP contribution in [0.1, 0.15) is 61.0 Å². The van der Waals surface area contributed by atoms with Gasteiger partial charge in [0, 0.05) is 29.8 Å². The number of hydrogen-bond acceptors (Lipinski definition) is 4. The van der Waals surface area contributed by atoms with E-state index in [1.165, 1.54) is 0 Å². The van der Waals surface area contributed by atoms with E-state index in [4.69, 9.17) is 17.0 Å². The number of carbonyl (C=O) groups excluding carboxylic acids is 2. The molecule has 0 saturated carbocycles. The molecule has 0 aliphatic carbocycles. The van der Waals surface area contributed by atoms with E-state index in [-0.39, 0.29) is 16.9 Å². The monoisotopic (exact) mass is 481 g/mol. The molecule has 1 heterocycles. The maximum atomic E-state index is 12.8. The summed E-state index contributed by atoms with van der Waals surface area (Å²) in [4.78, 5) is 27.3. The van der Waals surface area contributed by atoms with Crippen LogP contribution < -0.4 is 15.4 Å². The molecule has 1 fully saturated rings. The summed E-state index contributed by atoms with van der Waals surface area (Å²) in [6.45, 7) is 10.0. The fourth-order valence-corrected chi connectivity index (χ4v) is 4.15. The molecule has 3 rings (SSSR count). The first kappa shape index (κ1) is 25.7. The Hall–Kier alpha value is -2.93. The normalized spacial score (nSPS) is 13.5. The predicted molar refractivity (Wildman–Crippen MR) is 140 cm³/mol. The van der Waals surface area contributed by atoms with E-state index in [1.807, 2.05) is 56.9 Å². The molecule has 34 heavy (non-hydrogen) atoms. The fourth-order valence-electron chi connectivity index (χ4n) is 3.94. The summed E-state index contributed by atoms with van der Waals surface area (Å²) in [5.74, 6) is 0.763. The minimum Gasteiger partial charge on any atom is -0.493 e. The first-order valence-electron chi connectivity index (χ1n) is 11.9. The van der Waals surface area contributed by atoms with Gasteiger partial charge in [0.2, 0.25) is 5.91 Å². The van der Waals surface area contributed by atoms with Crippen molar-refractivity contribution in [2.45, 2.75) is 53.4 Å². The van der Waals surface area contributed by atoms with Gasteiger partial charge in [0.25, 0.3) is 5.91 Å². The smallest absolute Gasteiger partial charge is 0.253 e. The molecule has 182 valence electrons. The molecule has 0 radical (unpaired) electrons.